The smallest absolute Gasteiger partial charge is 0.251 e. The predicted octanol–water partition coefficient (Wildman–Crippen LogP) is 2.64. The third kappa shape index (κ3) is 5.37. The number of rotatable bonds is 7. The fourth-order valence-corrected chi connectivity index (χ4v) is 2.18. The summed E-state index contributed by atoms with van der Waals surface area (Å²) < 4.78 is 0. The number of aliphatic hydroxyl groups excluding tert-OH is 2. The van der Waals surface area contributed by atoms with Gasteiger partial charge >= 0.3 is 0 Å². The molecule has 0 aliphatic rings. The lowest BCUT2D eigenvalue weighted by Crippen LogP contribution is -2.44. The molecule has 0 spiro atoms. The van der Waals surface area contributed by atoms with Crippen LogP contribution in [0.4, 0.5) is 17.1 Å². The van der Waals surface area contributed by atoms with Crippen LogP contribution in [0.5, 0.6) is 0 Å². The van der Waals surface area contributed by atoms with Gasteiger partial charge in [-0.1, -0.05) is 0 Å². The highest BCUT2D eigenvalue weighted by Gasteiger charge is 2.17. The molecule has 7 nitrogen and oxygen atoms in total. The van der Waals surface area contributed by atoms with Crippen LogP contribution in [0.15, 0.2) is 58.8 Å². The first-order chi connectivity index (χ1) is 12.4. The maximum atomic E-state index is 12.1. The molecular formula is C19H24N4O3. The van der Waals surface area contributed by atoms with Crippen LogP contribution in [0, 0.1) is 0 Å². The Kier molecular flexibility index (Phi) is 6.82. The Bertz CT molecular complexity index is 740. The van der Waals surface area contributed by atoms with Crippen LogP contribution >= 0.6 is 0 Å². The number of hydrogen-bond acceptors (Lipinski definition) is 6. The molecule has 2 aromatic carbocycles. The molecule has 0 fully saturated rings. The number of carbonyl (C=O) groups is 1. The normalized spacial score (nSPS) is 13.4. The minimum atomic E-state index is -0.837. The van der Waals surface area contributed by atoms with Gasteiger partial charge in [0.1, 0.15) is 0 Å². The first-order valence-electron chi connectivity index (χ1n) is 8.29. The van der Waals surface area contributed by atoms with E-state index in [1.807, 2.05) is 43.3 Å². The molecule has 1 amide bonds. The SMILES string of the molecule is C[C@@H](O)[C@@H](CO)NC(=O)c1ccc(N=Nc2ccc(N(C)C)cc2)cc1. The zero-order chi connectivity index (χ0) is 19.1. The molecule has 0 saturated carbocycles. The number of benzene rings is 2. The minimum absolute atomic E-state index is 0.331. The first-order valence-corrected chi connectivity index (χ1v) is 8.29. The Morgan fingerprint density at radius 3 is 1.96 bits per heavy atom. The summed E-state index contributed by atoms with van der Waals surface area (Å²) >= 11 is 0. The van der Waals surface area contributed by atoms with Crippen molar-refractivity contribution in [2.75, 3.05) is 25.6 Å². The first kappa shape index (κ1) is 19.6. The van der Waals surface area contributed by atoms with E-state index in [1.165, 1.54) is 6.92 Å². The summed E-state index contributed by atoms with van der Waals surface area (Å²) in [6.45, 7) is 1.18. The number of carbonyl (C=O) groups excluding carboxylic acids is 1. The monoisotopic (exact) mass is 356 g/mol. The molecular weight excluding hydrogens is 332 g/mol. The molecule has 0 aliphatic heterocycles. The molecule has 26 heavy (non-hydrogen) atoms. The Labute approximate surface area is 153 Å². The second kappa shape index (κ2) is 9.07. The molecule has 0 unspecified atom stereocenters. The molecule has 2 aromatic rings. The zero-order valence-corrected chi connectivity index (χ0v) is 15.1. The van der Waals surface area contributed by atoms with Gasteiger partial charge in [-0.15, -0.1) is 0 Å². The van der Waals surface area contributed by atoms with E-state index in [4.69, 9.17) is 5.11 Å². The molecule has 7 heteroatoms. The Hall–Kier alpha value is -2.77. The van der Waals surface area contributed by atoms with Crippen LogP contribution in [0.2, 0.25) is 0 Å². The van der Waals surface area contributed by atoms with Crippen LogP contribution < -0.4 is 10.2 Å². The highest BCUT2D eigenvalue weighted by atomic mass is 16.3. The lowest BCUT2D eigenvalue weighted by atomic mass is 10.1. The quantitative estimate of drug-likeness (QED) is 0.664. The topological polar surface area (TPSA) is 97.5 Å². The van der Waals surface area contributed by atoms with Gasteiger partial charge in [0.2, 0.25) is 0 Å². The van der Waals surface area contributed by atoms with E-state index in [0.717, 1.165) is 11.4 Å². The Balaban J connectivity index is 2.01. The molecule has 0 radical (unpaired) electrons. The van der Waals surface area contributed by atoms with Gasteiger partial charge in [0, 0.05) is 25.3 Å². The van der Waals surface area contributed by atoms with Crippen molar-refractivity contribution in [1.82, 2.24) is 5.32 Å². The minimum Gasteiger partial charge on any atom is -0.394 e. The molecule has 0 aromatic heterocycles. The van der Waals surface area contributed by atoms with Crippen molar-refractivity contribution in [1.29, 1.82) is 0 Å². The summed E-state index contributed by atoms with van der Waals surface area (Å²) in [4.78, 5) is 14.1. The van der Waals surface area contributed by atoms with Gasteiger partial charge in [0.05, 0.1) is 30.1 Å². The number of anilines is 1. The standard InChI is InChI=1S/C19H24N4O3/c1-13(25)18(12-24)20-19(26)14-4-6-15(7-5-14)21-22-16-8-10-17(11-9-16)23(2)3/h4-11,13,18,24-25H,12H2,1-3H3,(H,20,26)/t13-,18-/m1/s1. The molecule has 0 bridgehead atoms. The van der Waals surface area contributed by atoms with E-state index in [9.17, 15) is 9.90 Å². The summed E-state index contributed by atoms with van der Waals surface area (Å²) in [5, 5.41) is 29.5. The molecule has 0 aliphatic carbocycles. The van der Waals surface area contributed by atoms with Crippen molar-refractivity contribution in [2.24, 2.45) is 10.2 Å². The molecule has 2 rings (SSSR count). The van der Waals surface area contributed by atoms with E-state index < -0.39 is 12.1 Å². The van der Waals surface area contributed by atoms with Crippen molar-refractivity contribution in [3.05, 3.63) is 54.1 Å². The summed E-state index contributed by atoms with van der Waals surface area (Å²) in [6.07, 6.45) is -0.837. The Morgan fingerprint density at radius 1 is 1.04 bits per heavy atom. The fourth-order valence-electron chi connectivity index (χ4n) is 2.18. The van der Waals surface area contributed by atoms with Crippen molar-refractivity contribution < 1.29 is 15.0 Å². The molecule has 0 saturated heterocycles. The number of hydrogen-bond donors (Lipinski definition) is 3. The summed E-state index contributed by atoms with van der Waals surface area (Å²) in [5.74, 6) is -0.368. The van der Waals surface area contributed by atoms with Crippen molar-refractivity contribution in [3.8, 4) is 0 Å². The van der Waals surface area contributed by atoms with E-state index >= 15 is 0 Å². The van der Waals surface area contributed by atoms with Crippen LogP contribution in [0.1, 0.15) is 17.3 Å². The van der Waals surface area contributed by atoms with Gasteiger partial charge in [-0.25, -0.2) is 0 Å². The maximum Gasteiger partial charge on any atom is 0.251 e. The third-order valence-corrected chi connectivity index (χ3v) is 3.87. The summed E-state index contributed by atoms with van der Waals surface area (Å²) in [5.41, 5.74) is 2.85. The van der Waals surface area contributed by atoms with Gasteiger partial charge in [0.25, 0.3) is 5.91 Å². The average Bonchev–Trinajstić information content (AvgIpc) is 2.64. The highest BCUT2D eigenvalue weighted by Crippen LogP contribution is 2.21. The zero-order valence-electron chi connectivity index (χ0n) is 15.1. The molecule has 2 atom stereocenters. The average molecular weight is 356 g/mol. The number of nitrogens with zero attached hydrogens (tertiary/aromatic N) is 3. The van der Waals surface area contributed by atoms with Crippen LogP contribution in [0.3, 0.4) is 0 Å². The lowest BCUT2D eigenvalue weighted by Gasteiger charge is -2.18. The third-order valence-electron chi connectivity index (χ3n) is 3.87. The van der Waals surface area contributed by atoms with Gasteiger partial charge < -0.3 is 20.4 Å². The lowest BCUT2D eigenvalue weighted by molar-refractivity contribution is 0.0758. The highest BCUT2D eigenvalue weighted by molar-refractivity contribution is 5.94. The van der Waals surface area contributed by atoms with E-state index in [2.05, 4.69) is 15.5 Å². The van der Waals surface area contributed by atoms with E-state index in [-0.39, 0.29) is 12.5 Å². The predicted molar refractivity (Wildman–Crippen MR) is 101 cm³/mol. The van der Waals surface area contributed by atoms with Gasteiger partial charge in [0.15, 0.2) is 0 Å². The second-order valence-corrected chi connectivity index (χ2v) is 6.16. The van der Waals surface area contributed by atoms with Gasteiger partial charge in [-0.3, -0.25) is 4.79 Å². The Morgan fingerprint density at radius 2 is 1.54 bits per heavy atom. The van der Waals surface area contributed by atoms with Crippen LogP contribution in [-0.2, 0) is 0 Å². The second-order valence-electron chi connectivity index (χ2n) is 6.16. The number of aliphatic hydroxyl groups is 2. The molecule has 138 valence electrons. The summed E-state index contributed by atoms with van der Waals surface area (Å²) in [7, 11) is 3.94. The van der Waals surface area contributed by atoms with Gasteiger partial charge in [-0.2, -0.15) is 10.2 Å². The van der Waals surface area contributed by atoms with E-state index in [0.29, 0.717) is 11.3 Å². The number of nitrogens with one attached hydrogen (secondary N) is 1. The number of azo groups is 1. The summed E-state index contributed by atoms with van der Waals surface area (Å²) in [6, 6.07) is 13.6. The van der Waals surface area contributed by atoms with Crippen molar-refractivity contribution in [3.63, 3.8) is 0 Å². The van der Waals surface area contributed by atoms with Crippen LogP contribution in [0.25, 0.3) is 0 Å². The van der Waals surface area contributed by atoms with Gasteiger partial charge in [-0.05, 0) is 55.5 Å². The largest absolute Gasteiger partial charge is 0.394 e. The maximum absolute atomic E-state index is 12.1. The van der Waals surface area contributed by atoms with Crippen molar-refractivity contribution >= 4 is 23.0 Å². The fraction of sp³-hybridized carbons (Fsp3) is 0.316. The van der Waals surface area contributed by atoms with Crippen molar-refractivity contribution in [2.45, 2.75) is 19.1 Å². The van der Waals surface area contributed by atoms with Crippen LogP contribution in [-0.4, -0.2) is 49.0 Å². The van der Waals surface area contributed by atoms with E-state index in [1.54, 1.807) is 24.3 Å². The molecule has 0 heterocycles. The number of amides is 1. The molecule has 3 N–H and O–H groups in total.